The minimum absolute atomic E-state index is 0.0489. The maximum atomic E-state index is 13.1. The molecule has 1 aliphatic heterocycles. The van der Waals surface area contributed by atoms with Gasteiger partial charge in [0.15, 0.2) is 0 Å². The van der Waals surface area contributed by atoms with Crippen LogP contribution in [0.1, 0.15) is 6.92 Å². The number of halogens is 3. The van der Waals surface area contributed by atoms with Crippen molar-refractivity contribution in [1.29, 1.82) is 0 Å². The first-order valence-electron chi connectivity index (χ1n) is 5.63. The minimum atomic E-state index is -3.86. The molecule has 4 nitrogen and oxygen atoms in total. The monoisotopic (exact) mass is 326 g/mol. The molecule has 1 fully saturated rings. The van der Waals surface area contributed by atoms with Gasteiger partial charge in [-0.15, -0.1) is 0 Å². The van der Waals surface area contributed by atoms with E-state index in [-0.39, 0.29) is 33.4 Å². The Hall–Kier alpha value is -0.400. The number of hydrogen-bond acceptors (Lipinski definition) is 3. The Labute approximate surface area is 121 Å². The maximum Gasteiger partial charge on any atom is 0.246 e. The largest absolute Gasteiger partial charge is 0.326 e. The van der Waals surface area contributed by atoms with Crippen molar-refractivity contribution < 1.29 is 12.8 Å². The first kappa shape index (κ1) is 15.0. The van der Waals surface area contributed by atoms with Crippen LogP contribution >= 0.6 is 23.2 Å². The molecule has 1 aromatic rings. The highest BCUT2D eigenvalue weighted by Gasteiger charge is 2.37. The van der Waals surface area contributed by atoms with Crippen molar-refractivity contribution in [3.05, 3.63) is 28.0 Å². The van der Waals surface area contributed by atoms with Crippen molar-refractivity contribution in [3.63, 3.8) is 0 Å². The molecule has 0 saturated carbocycles. The van der Waals surface area contributed by atoms with Crippen LogP contribution in [0.15, 0.2) is 17.0 Å². The second-order valence-corrected chi connectivity index (χ2v) is 7.35. The third kappa shape index (κ3) is 2.73. The van der Waals surface area contributed by atoms with Crippen LogP contribution < -0.4 is 5.73 Å². The minimum Gasteiger partial charge on any atom is -0.326 e. The molecule has 19 heavy (non-hydrogen) atoms. The number of rotatable bonds is 2. The van der Waals surface area contributed by atoms with E-state index in [1.165, 1.54) is 4.31 Å². The van der Waals surface area contributed by atoms with E-state index < -0.39 is 15.8 Å². The van der Waals surface area contributed by atoms with Crippen LogP contribution in [0.5, 0.6) is 0 Å². The SMILES string of the molecule is CC1CN(S(=O)(=O)c2c(Cl)cc(F)cc2Cl)CC1N. The van der Waals surface area contributed by atoms with Crippen molar-refractivity contribution >= 4 is 33.2 Å². The van der Waals surface area contributed by atoms with Crippen molar-refractivity contribution in [2.45, 2.75) is 17.9 Å². The molecule has 1 aromatic carbocycles. The van der Waals surface area contributed by atoms with Gasteiger partial charge in [0.05, 0.1) is 10.0 Å². The lowest BCUT2D eigenvalue weighted by atomic mass is 10.1. The molecule has 0 aromatic heterocycles. The molecular weight excluding hydrogens is 314 g/mol. The summed E-state index contributed by atoms with van der Waals surface area (Å²) >= 11 is 11.6. The fourth-order valence-electron chi connectivity index (χ4n) is 2.05. The van der Waals surface area contributed by atoms with Gasteiger partial charge in [-0.25, -0.2) is 12.8 Å². The lowest BCUT2D eigenvalue weighted by Crippen LogP contribution is -2.32. The van der Waals surface area contributed by atoms with Crippen LogP contribution in [0.2, 0.25) is 10.0 Å². The van der Waals surface area contributed by atoms with E-state index in [1.807, 2.05) is 6.92 Å². The fraction of sp³-hybridized carbons (Fsp3) is 0.455. The molecular formula is C11H13Cl2FN2O2S. The quantitative estimate of drug-likeness (QED) is 0.905. The summed E-state index contributed by atoms with van der Waals surface area (Å²) in [4.78, 5) is -0.265. The molecule has 1 heterocycles. The molecule has 2 atom stereocenters. The summed E-state index contributed by atoms with van der Waals surface area (Å²) in [5.41, 5.74) is 5.81. The smallest absolute Gasteiger partial charge is 0.246 e. The lowest BCUT2D eigenvalue weighted by molar-refractivity contribution is 0.464. The standard InChI is InChI=1S/C11H13Cl2FN2O2S/c1-6-4-16(5-10(6)15)19(17,18)11-8(12)2-7(14)3-9(11)13/h2-3,6,10H,4-5,15H2,1H3. The van der Waals surface area contributed by atoms with E-state index in [4.69, 9.17) is 28.9 Å². The summed E-state index contributed by atoms with van der Waals surface area (Å²) in [5.74, 6) is -0.631. The molecule has 0 radical (unpaired) electrons. The molecule has 2 rings (SSSR count). The van der Waals surface area contributed by atoms with E-state index in [2.05, 4.69) is 0 Å². The van der Waals surface area contributed by atoms with Gasteiger partial charge in [0, 0.05) is 19.1 Å². The third-order valence-corrected chi connectivity index (χ3v) is 5.95. The van der Waals surface area contributed by atoms with Crippen molar-refractivity contribution in [1.82, 2.24) is 4.31 Å². The predicted molar refractivity (Wildman–Crippen MR) is 72.3 cm³/mol. The highest BCUT2D eigenvalue weighted by molar-refractivity contribution is 7.89. The third-order valence-electron chi connectivity index (χ3n) is 3.20. The van der Waals surface area contributed by atoms with Gasteiger partial charge in [0.2, 0.25) is 10.0 Å². The Morgan fingerprint density at radius 3 is 2.26 bits per heavy atom. The van der Waals surface area contributed by atoms with Gasteiger partial charge in [-0.1, -0.05) is 30.1 Å². The Morgan fingerprint density at radius 1 is 1.32 bits per heavy atom. The molecule has 2 unspecified atom stereocenters. The molecule has 8 heteroatoms. The highest BCUT2D eigenvalue weighted by Crippen LogP contribution is 2.34. The van der Waals surface area contributed by atoms with Crippen LogP contribution in [0, 0.1) is 11.7 Å². The molecule has 0 amide bonds. The number of sulfonamides is 1. The van der Waals surface area contributed by atoms with Gasteiger partial charge < -0.3 is 5.73 Å². The fourth-order valence-corrected chi connectivity index (χ4v) is 4.76. The summed E-state index contributed by atoms with van der Waals surface area (Å²) in [6.45, 7) is 2.37. The summed E-state index contributed by atoms with van der Waals surface area (Å²) < 4.78 is 39.2. The highest BCUT2D eigenvalue weighted by atomic mass is 35.5. The van der Waals surface area contributed by atoms with E-state index in [0.29, 0.717) is 6.54 Å². The van der Waals surface area contributed by atoms with Crippen molar-refractivity contribution in [3.8, 4) is 0 Å². The number of nitrogens with zero attached hydrogens (tertiary/aromatic N) is 1. The Morgan fingerprint density at radius 2 is 1.84 bits per heavy atom. The molecule has 0 spiro atoms. The molecule has 0 aliphatic carbocycles. The topological polar surface area (TPSA) is 63.4 Å². The summed E-state index contributed by atoms with van der Waals surface area (Å²) in [6, 6.07) is 1.63. The Balaban J connectivity index is 2.47. The Bertz CT molecular complexity index is 576. The summed E-state index contributed by atoms with van der Waals surface area (Å²) in [5, 5.41) is -0.448. The first-order valence-corrected chi connectivity index (χ1v) is 7.83. The van der Waals surface area contributed by atoms with Gasteiger partial charge in [0.25, 0.3) is 0 Å². The molecule has 1 aliphatic rings. The first-order chi connectivity index (χ1) is 8.73. The Kier molecular flexibility index (Phi) is 4.09. The molecule has 1 saturated heterocycles. The van der Waals surface area contributed by atoms with Crippen molar-refractivity contribution in [2.24, 2.45) is 11.7 Å². The predicted octanol–water partition coefficient (Wildman–Crippen LogP) is 2.10. The number of hydrogen-bond donors (Lipinski definition) is 1. The van der Waals surface area contributed by atoms with Crippen LogP contribution in [0.4, 0.5) is 4.39 Å². The number of nitrogens with two attached hydrogens (primary N) is 1. The van der Waals surface area contributed by atoms with E-state index >= 15 is 0 Å². The van der Waals surface area contributed by atoms with Crippen LogP contribution in [-0.2, 0) is 10.0 Å². The average molecular weight is 327 g/mol. The van der Waals surface area contributed by atoms with Gasteiger partial charge in [-0.3, -0.25) is 0 Å². The normalized spacial score (nSPS) is 24.9. The van der Waals surface area contributed by atoms with Crippen LogP contribution in [-0.4, -0.2) is 31.9 Å². The zero-order valence-corrected chi connectivity index (χ0v) is 12.4. The lowest BCUT2D eigenvalue weighted by Gasteiger charge is -2.18. The molecule has 106 valence electrons. The van der Waals surface area contributed by atoms with Crippen LogP contribution in [0.25, 0.3) is 0 Å². The summed E-state index contributed by atoms with van der Waals surface area (Å²) in [7, 11) is -3.86. The zero-order chi connectivity index (χ0) is 14.4. The number of benzene rings is 1. The average Bonchev–Trinajstić information content (AvgIpc) is 2.57. The second kappa shape index (κ2) is 5.18. The van der Waals surface area contributed by atoms with Gasteiger partial charge >= 0.3 is 0 Å². The molecule has 2 N–H and O–H groups in total. The van der Waals surface area contributed by atoms with E-state index in [0.717, 1.165) is 12.1 Å². The summed E-state index contributed by atoms with van der Waals surface area (Å²) in [6.07, 6.45) is 0. The molecule has 0 bridgehead atoms. The maximum absolute atomic E-state index is 13.1. The van der Waals surface area contributed by atoms with E-state index in [1.54, 1.807) is 0 Å². The van der Waals surface area contributed by atoms with E-state index in [9.17, 15) is 12.8 Å². The van der Waals surface area contributed by atoms with Gasteiger partial charge in [-0.2, -0.15) is 4.31 Å². The van der Waals surface area contributed by atoms with Gasteiger partial charge in [-0.05, 0) is 18.1 Å². The second-order valence-electron chi connectivity index (χ2n) is 4.66. The van der Waals surface area contributed by atoms with Crippen LogP contribution in [0.3, 0.4) is 0 Å². The van der Waals surface area contributed by atoms with Crippen molar-refractivity contribution in [2.75, 3.05) is 13.1 Å². The van der Waals surface area contributed by atoms with Gasteiger partial charge in [0.1, 0.15) is 10.7 Å². The zero-order valence-electron chi connectivity index (χ0n) is 10.1.